The number of carbonyl (C=O) groups is 1. The predicted molar refractivity (Wildman–Crippen MR) is 78.6 cm³/mol. The van der Waals surface area contributed by atoms with Crippen LogP contribution in [0.5, 0.6) is 0 Å². The molecule has 1 spiro atoms. The van der Waals surface area contributed by atoms with Crippen LogP contribution in [0.25, 0.3) is 0 Å². The zero-order valence-electron chi connectivity index (χ0n) is 12.9. The lowest BCUT2D eigenvalue weighted by molar-refractivity contribution is -0.0962. The summed E-state index contributed by atoms with van der Waals surface area (Å²) in [5, 5.41) is 13.0. The van der Waals surface area contributed by atoms with E-state index in [4.69, 9.17) is 4.74 Å². The van der Waals surface area contributed by atoms with Crippen LogP contribution in [0.3, 0.4) is 0 Å². The smallest absolute Gasteiger partial charge is 0.279 e. The van der Waals surface area contributed by atoms with Gasteiger partial charge in [-0.15, -0.1) is 0 Å². The number of rotatable bonds is 2. The van der Waals surface area contributed by atoms with Crippen LogP contribution in [0.2, 0.25) is 0 Å². The van der Waals surface area contributed by atoms with E-state index in [0.717, 1.165) is 23.7 Å². The van der Waals surface area contributed by atoms with E-state index in [1.807, 2.05) is 6.20 Å². The molecule has 2 aliphatic rings. The van der Waals surface area contributed by atoms with Gasteiger partial charge in [-0.3, -0.25) is 15.0 Å². The lowest BCUT2D eigenvalue weighted by Gasteiger charge is -2.43. The highest BCUT2D eigenvalue weighted by Crippen LogP contribution is 2.40. The molecule has 7 nitrogen and oxygen atoms in total. The van der Waals surface area contributed by atoms with Crippen LogP contribution in [-0.2, 0) is 16.8 Å². The number of ether oxygens (including phenoxy) is 1. The van der Waals surface area contributed by atoms with Gasteiger partial charge in [0.05, 0.1) is 18.5 Å². The molecule has 0 saturated carbocycles. The summed E-state index contributed by atoms with van der Waals surface area (Å²) in [4.78, 5) is 14.1. The molecule has 4 heterocycles. The fourth-order valence-corrected chi connectivity index (χ4v) is 3.51. The highest BCUT2D eigenvalue weighted by molar-refractivity contribution is 5.92. The summed E-state index contributed by atoms with van der Waals surface area (Å²) in [6.45, 7) is 1.60. The van der Waals surface area contributed by atoms with Crippen LogP contribution < -0.4 is 0 Å². The molecular formula is C15H17F2N5O2. The molecule has 1 fully saturated rings. The van der Waals surface area contributed by atoms with Crippen molar-refractivity contribution >= 4 is 5.91 Å². The first-order valence-electron chi connectivity index (χ1n) is 7.88. The molecule has 0 radical (unpaired) electrons. The molecule has 0 aliphatic carbocycles. The Morgan fingerprint density at radius 2 is 2.12 bits per heavy atom. The van der Waals surface area contributed by atoms with E-state index in [1.54, 1.807) is 4.90 Å². The van der Waals surface area contributed by atoms with Crippen molar-refractivity contribution in [2.75, 3.05) is 19.7 Å². The number of halogens is 2. The Kier molecular flexibility index (Phi) is 3.60. The second kappa shape index (κ2) is 5.66. The highest BCUT2D eigenvalue weighted by Gasteiger charge is 2.43. The third-order valence-corrected chi connectivity index (χ3v) is 4.83. The standard InChI is InChI=1S/C15H17F2N5O2/c16-13(17)10-7-11(20-19-10)14(23)22-4-2-15(3-5-22)12-9(1-6-24-15)8-18-21-12/h7-8,13H,1-6H2,(H,18,21)(H,19,20). The van der Waals surface area contributed by atoms with Gasteiger partial charge in [0.25, 0.3) is 12.3 Å². The van der Waals surface area contributed by atoms with Gasteiger partial charge >= 0.3 is 0 Å². The van der Waals surface area contributed by atoms with Gasteiger partial charge < -0.3 is 9.64 Å². The van der Waals surface area contributed by atoms with Crippen LogP contribution >= 0.6 is 0 Å². The van der Waals surface area contributed by atoms with Crippen LogP contribution in [0.15, 0.2) is 12.3 Å². The maximum Gasteiger partial charge on any atom is 0.279 e. The van der Waals surface area contributed by atoms with E-state index in [2.05, 4.69) is 20.4 Å². The van der Waals surface area contributed by atoms with E-state index in [9.17, 15) is 13.6 Å². The second-order valence-corrected chi connectivity index (χ2v) is 6.16. The van der Waals surface area contributed by atoms with Crippen LogP contribution in [0.4, 0.5) is 8.78 Å². The normalized spacial score (nSPS) is 19.7. The summed E-state index contributed by atoms with van der Waals surface area (Å²) in [7, 11) is 0. The zero-order valence-corrected chi connectivity index (χ0v) is 12.9. The SMILES string of the molecule is O=C(c1cc(C(F)F)[nH]n1)N1CCC2(CC1)OCCc1cn[nH]c12. The fourth-order valence-electron chi connectivity index (χ4n) is 3.51. The minimum atomic E-state index is -2.67. The Hall–Kier alpha value is -2.29. The number of H-pyrrole nitrogens is 2. The first-order valence-corrected chi connectivity index (χ1v) is 7.88. The van der Waals surface area contributed by atoms with Gasteiger partial charge in [0.15, 0.2) is 5.69 Å². The number of aromatic nitrogens is 4. The summed E-state index contributed by atoms with van der Waals surface area (Å²) in [6.07, 6.45) is 1.27. The molecule has 128 valence electrons. The maximum atomic E-state index is 12.6. The van der Waals surface area contributed by atoms with Gasteiger partial charge in [0.2, 0.25) is 0 Å². The number of hydrogen-bond acceptors (Lipinski definition) is 4. The molecule has 1 saturated heterocycles. The number of alkyl halides is 2. The minimum Gasteiger partial charge on any atom is -0.368 e. The molecule has 4 rings (SSSR count). The van der Waals surface area contributed by atoms with Gasteiger partial charge in [0, 0.05) is 13.1 Å². The molecule has 0 unspecified atom stereocenters. The van der Waals surface area contributed by atoms with Crippen molar-refractivity contribution in [1.82, 2.24) is 25.3 Å². The Morgan fingerprint density at radius 1 is 1.33 bits per heavy atom. The van der Waals surface area contributed by atoms with E-state index < -0.39 is 12.0 Å². The van der Waals surface area contributed by atoms with Gasteiger partial charge in [-0.2, -0.15) is 10.2 Å². The molecule has 9 heteroatoms. The van der Waals surface area contributed by atoms with Crippen LogP contribution in [0, 0.1) is 0 Å². The monoisotopic (exact) mass is 337 g/mol. The lowest BCUT2D eigenvalue weighted by atomic mass is 9.83. The third-order valence-electron chi connectivity index (χ3n) is 4.83. The molecule has 2 aromatic rings. The van der Waals surface area contributed by atoms with Crippen molar-refractivity contribution < 1.29 is 18.3 Å². The van der Waals surface area contributed by atoms with Gasteiger partial charge in [-0.25, -0.2) is 8.78 Å². The number of piperidine rings is 1. The Balaban J connectivity index is 1.48. The number of aromatic amines is 2. The van der Waals surface area contributed by atoms with E-state index in [1.165, 1.54) is 0 Å². The predicted octanol–water partition coefficient (Wildman–Crippen LogP) is 1.77. The van der Waals surface area contributed by atoms with Crippen molar-refractivity contribution in [3.05, 3.63) is 34.9 Å². The Morgan fingerprint density at radius 3 is 2.83 bits per heavy atom. The summed E-state index contributed by atoms with van der Waals surface area (Å²) >= 11 is 0. The quantitative estimate of drug-likeness (QED) is 0.874. The number of nitrogens with zero attached hydrogens (tertiary/aromatic N) is 3. The number of fused-ring (bicyclic) bond motifs is 2. The van der Waals surface area contributed by atoms with Crippen molar-refractivity contribution in [2.45, 2.75) is 31.3 Å². The first kappa shape index (κ1) is 15.3. The minimum absolute atomic E-state index is 0.0213. The Labute approximate surface area is 136 Å². The average molecular weight is 337 g/mol. The third kappa shape index (κ3) is 2.39. The molecular weight excluding hydrogens is 320 g/mol. The van der Waals surface area contributed by atoms with Gasteiger partial charge in [-0.05, 0) is 30.9 Å². The summed E-state index contributed by atoms with van der Waals surface area (Å²) in [5.74, 6) is -0.339. The average Bonchev–Trinajstić information content (AvgIpc) is 3.25. The van der Waals surface area contributed by atoms with Crippen molar-refractivity contribution in [1.29, 1.82) is 0 Å². The number of nitrogens with one attached hydrogen (secondary N) is 2. The molecule has 0 bridgehead atoms. The Bertz CT molecular complexity index is 749. The second-order valence-electron chi connectivity index (χ2n) is 6.16. The topological polar surface area (TPSA) is 86.9 Å². The van der Waals surface area contributed by atoms with Gasteiger partial charge in [-0.1, -0.05) is 0 Å². The molecule has 0 atom stereocenters. The summed E-state index contributed by atoms with van der Waals surface area (Å²) in [6, 6.07) is 1.11. The highest BCUT2D eigenvalue weighted by atomic mass is 19.3. The summed E-state index contributed by atoms with van der Waals surface area (Å²) < 4.78 is 31.3. The van der Waals surface area contributed by atoms with Crippen LogP contribution in [-0.4, -0.2) is 50.9 Å². The zero-order chi connectivity index (χ0) is 16.7. The molecule has 1 amide bonds. The van der Waals surface area contributed by atoms with Crippen LogP contribution in [0.1, 0.15) is 46.7 Å². The van der Waals surface area contributed by atoms with Crippen molar-refractivity contribution in [2.24, 2.45) is 0 Å². The summed E-state index contributed by atoms with van der Waals surface area (Å²) in [5.41, 5.74) is 1.41. The van der Waals surface area contributed by atoms with E-state index >= 15 is 0 Å². The molecule has 24 heavy (non-hydrogen) atoms. The molecule has 2 aliphatic heterocycles. The van der Waals surface area contributed by atoms with Gasteiger partial charge in [0.1, 0.15) is 11.3 Å². The number of amides is 1. The molecule has 2 N–H and O–H groups in total. The fraction of sp³-hybridized carbons (Fsp3) is 0.533. The van der Waals surface area contributed by atoms with E-state index in [0.29, 0.717) is 32.5 Å². The first-order chi connectivity index (χ1) is 11.6. The van der Waals surface area contributed by atoms with E-state index in [-0.39, 0.29) is 17.3 Å². The maximum absolute atomic E-state index is 12.6. The number of likely N-dealkylation sites (tertiary alicyclic amines) is 1. The lowest BCUT2D eigenvalue weighted by Crippen LogP contribution is -2.48. The van der Waals surface area contributed by atoms with Crippen molar-refractivity contribution in [3.8, 4) is 0 Å². The van der Waals surface area contributed by atoms with Crippen molar-refractivity contribution in [3.63, 3.8) is 0 Å². The number of hydrogen-bond donors (Lipinski definition) is 2. The largest absolute Gasteiger partial charge is 0.368 e. The number of carbonyl (C=O) groups excluding carboxylic acids is 1. The molecule has 2 aromatic heterocycles. The molecule has 0 aromatic carbocycles.